The van der Waals surface area contributed by atoms with Gasteiger partial charge in [-0.3, -0.25) is 24.5 Å². The fourth-order valence-corrected chi connectivity index (χ4v) is 3.37. The molecule has 0 aliphatic carbocycles. The molecule has 1 fully saturated rings. The van der Waals surface area contributed by atoms with Crippen LogP contribution in [0.4, 0.5) is 5.69 Å². The summed E-state index contributed by atoms with van der Waals surface area (Å²) in [4.78, 5) is 27.2. The van der Waals surface area contributed by atoms with E-state index in [0.717, 1.165) is 19.6 Å². The molecule has 8 heteroatoms. The molecular weight excluding hydrogens is 346 g/mol. The molecule has 2 heterocycles. The van der Waals surface area contributed by atoms with Crippen LogP contribution in [0.2, 0.25) is 0 Å². The first-order valence-corrected chi connectivity index (χ1v) is 9.16. The fourth-order valence-electron chi connectivity index (χ4n) is 3.37. The Morgan fingerprint density at radius 3 is 2.59 bits per heavy atom. The molecule has 0 bridgehead atoms. The number of rotatable bonds is 6. The summed E-state index contributed by atoms with van der Waals surface area (Å²) in [6, 6.07) is 8.38. The van der Waals surface area contributed by atoms with Crippen LogP contribution >= 0.6 is 0 Å². The van der Waals surface area contributed by atoms with Gasteiger partial charge in [-0.2, -0.15) is 5.10 Å². The molecule has 1 atom stereocenters. The van der Waals surface area contributed by atoms with Crippen molar-refractivity contribution < 1.29 is 9.72 Å². The highest BCUT2D eigenvalue weighted by molar-refractivity contribution is 5.78. The fraction of sp³-hybridized carbons (Fsp3) is 0.474. The van der Waals surface area contributed by atoms with Gasteiger partial charge in [0.15, 0.2) is 0 Å². The van der Waals surface area contributed by atoms with Gasteiger partial charge in [0.25, 0.3) is 0 Å². The van der Waals surface area contributed by atoms with Crippen LogP contribution in [0.15, 0.2) is 36.7 Å². The molecule has 1 aliphatic rings. The minimum Gasteiger partial charge on any atom is -0.340 e. The number of amides is 1. The zero-order chi connectivity index (χ0) is 19.4. The number of aryl methyl sites for hydroxylation is 1. The first-order valence-electron chi connectivity index (χ1n) is 9.16. The molecule has 1 saturated heterocycles. The van der Waals surface area contributed by atoms with Gasteiger partial charge in [0.2, 0.25) is 5.91 Å². The Labute approximate surface area is 158 Å². The summed E-state index contributed by atoms with van der Waals surface area (Å²) in [5.74, 6) is -0.198. The van der Waals surface area contributed by atoms with Crippen molar-refractivity contribution in [1.82, 2.24) is 19.6 Å². The summed E-state index contributed by atoms with van der Waals surface area (Å²) in [6.45, 7) is 8.31. The van der Waals surface area contributed by atoms with Gasteiger partial charge in [0, 0.05) is 32.7 Å². The van der Waals surface area contributed by atoms with Gasteiger partial charge in [0.05, 0.1) is 17.4 Å². The molecule has 0 saturated carbocycles. The maximum Gasteiger partial charge on any atom is 0.306 e. The molecule has 3 rings (SSSR count). The Morgan fingerprint density at radius 2 is 1.96 bits per heavy atom. The number of piperazine rings is 1. The van der Waals surface area contributed by atoms with Crippen LogP contribution in [-0.2, 0) is 17.9 Å². The predicted octanol–water partition coefficient (Wildman–Crippen LogP) is 2.08. The van der Waals surface area contributed by atoms with E-state index in [0.29, 0.717) is 19.6 Å². The molecule has 8 nitrogen and oxygen atoms in total. The van der Waals surface area contributed by atoms with E-state index in [-0.39, 0.29) is 17.5 Å². The summed E-state index contributed by atoms with van der Waals surface area (Å²) in [6.07, 6.45) is 2.57. The first kappa shape index (κ1) is 19.0. The van der Waals surface area contributed by atoms with Crippen molar-refractivity contribution in [3.63, 3.8) is 0 Å². The summed E-state index contributed by atoms with van der Waals surface area (Å²) >= 11 is 0. The van der Waals surface area contributed by atoms with Crippen LogP contribution in [0.3, 0.4) is 0 Å². The van der Waals surface area contributed by atoms with Crippen LogP contribution in [0.25, 0.3) is 0 Å². The second-order valence-electron chi connectivity index (χ2n) is 7.11. The Hall–Kier alpha value is -2.74. The van der Waals surface area contributed by atoms with Crippen molar-refractivity contribution in [1.29, 1.82) is 0 Å². The van der Waals surface area contributed by atoms with Gasteiger partial charge in [-0.1, -0.05) is 31.2 Å². The van der Waals surface area contributed by atoms with Crippen LogP contribution in [0.1, 0.15) is 18.1 Å². The number of nitro groups is 1. The number of benzene rings is 1. The molecule has 0 radical (unpaired) electrons. The van der Waals surface area contributed by atoms with E-state index in [1.54, 1.807) is 0 Å². The minimum absolute atomic E-state index is 0.0560. The van der Waals surface area contributed by atoms with Crippen LogP contribution < -0.4 is 0 Å². The van der Waals surface area contributed by atoms with E-state index in [9.17, 15) is 14.9 Å². The van der Waals surface area contributed by atoms with Gasteiger partial charge in [-0.25, -0.2) is 0 Å². The Kier molecular flexibility index (Phi) is 5.85. The molecule has 0 spiro atoms. The molecule has 2 aromatic rings. The lowest BCUT2D eigenvalue weighted by Gasteiger charge is -2.36. The Bertz CT molecular complexity index is 811. The number of carbonyl (C=O) groups is 1. The predicted molar refractivity (Wildman–Crippen MR) is 101 cm³/mol. The van der Waals surface area contributed by atoms with E-state index >= 15 is 0 Å². The molecule has 27 heavy (non-hydrogen) atoms. The average molecular weight is 371 g/mol. The van der Waals surface area contributed by atoms with Crippen molar-refractivity contribution >= 4 is 11.6 Å². The van der Waals surface area contributed by atoms with Crippen molar-refractivity contribution in [3.05, 3.63) is 57.9 Å². The Balaban J connectivity index is 1.50. The molecular formula is C19H25N5O3. The standard InChI is InChI=1S/C19H25N5O3/c1-15-5-3-4-6-17(15)13-21-7-9-22(10-8-21)19(25)16(2)12-23-14-18(11-20-23)24(26)27/h3-6,11,14,16H,7-10,12-13H2,1-2H3. The summed E-state index contributed by atoms with van der Waals surface area (Å²) in [7, 11) is 0. The zero-order valence-corrected chi connectivity index (χ0v) is 15.7. The quantitative estimate of drug-likeness (QED) is 0.573. The normalized spacial score (nSPS) is 16.3. The monoisotopic (exact) mass is 371 g/mol. The third-order valence-corrected chi connectivity index (χ3v) is 5.05. The van der Waals surface area contributed by atoms with Crippen LogP contribution in [0, 0.1) is 23.0 Å². The summed E-state index contributed by atoms with van der Waals surface area (Å²) < 4.78 is 1.47. The number of aromatic nitrogens is 2. The molecule has 144 valence electrons. The van der Waals surface area contributed by atoms with E-state index in [1.807, 2.05) is 17.9 Å². The third kappa shape index (κ3) is 4.71. The van der Waals surface area contributed by atoms with Crippen LogP contribution in [0.5, 0.6) is 0 Å². The molecule has 1 aromatic carbocycles. The second-order valence-corrected chi connectivity index (χ2v) is 7.11. The topological polar surface area (TPSA) is 84.5 Å². The lowest BCUT2D eigenvalue weighted by atomic mass is 10.1. The zero-order valence-electron chi connectivity index (χ0n) is 15.7. The van der Waals surface area contributed by atoms with Gasteiger partial charge in [0.1, 0.15) is 12.4 Å². The highest BCUT2D eigenvalue weighted by Crippen LogP contribution is 2.15. The maximum atomic E-state index is 12.7. The smallest absolute Gasteiger partial charge is 0.306 e. The SMILES string of the molecule is Cc1ccccc1CN1CCN(C(=O)C(C)Cn2cc([N+](=O)[O-])cn2)CC1. The number of hydrogen-bond donors (Lipinski definition) is 0. The second kappa shape index (κ2) is 8.30. The van der Waals surface area contributed by atoms with Crippen molar-refractivity contribution in [2.75, 3.05) is 26.2 Å². The minimum atomic E-state index is -0.482. The summed E-state index contributed by atoms with van der Waals surface area (Å²) in [5, 5.41) is 14.7. The molecule has 1 aromatic heterocycles. The lowest BCUT2D eigenvalue weighted by Crippen LogP contribution is -2.50. The van der Waals surface area contributed by atoms with Crippen molar-refractivity contribution in [2.45, 2.75) is 26.9 Å². The van der Waals surface area contributed by atoms with E-state index in [2.05, 4.69) is 35.1 Å². The van der Waals surface area contributed by atoms with Gasteiger partial charge >= 0.3 is 5.69 Å². The lowest BCUT2D eigenvalue weighted by molar-refractivity contribution is -0.385. The molecule has 1 unspecified atom stereocenters. The molecule has 0 N–H and O–H groups in total. The van der Waals surface area contributed by atoms with Crippen LogP contribution in [-0.4, -0.2) is 56.6 Å². The van der Waals surface area contributed by atoms with Crippen molar-refractivity contribution in [3.8, 4) is 0 Å². The highest BCUT2D eigenvalue weighted by Gasteiger charge is 2.25. The average Bonchev–Trinajstić information content (AvgIpc) is 3.12. The number of hydrogen-bond acceptors (Lipinski definition) is 5. The van der Waals surface area contributed by atoms with E-state index in [1.165, 1.54) is 28.2 Å². The number of carbonyl (C=O) groups excluding carboxylic acids is 1. The first-order chi connectivity index (χ1) is 12.9. The van der Waals surface area contributed by atoms with Gasteiger partial charge in [-0.15, -0.1) is 0 Å². The number of nitrogens with zero attached hydrogens (tertiary/aromatic N) is 5. The molecule has 1 aliphatic heterocycles. The molecule has 1 amide bonds. The summed E-state index contributed by atoms with van der Waals surface area (Å²) in [5.41, 5.74) is 2.56. The van der Waals surface area contributed by atoms with Crippen molar-refractivity contribution in [2.24, 2.45) is 5.92 Å². The van der Waals surface area contributed by atoms with E-state index < -0.39 is 4.92 Å². The largest absolute Gasteiger partial charge is 0.340 e. The van der Waals surface area contributed by atoms with Gasteiger partial charge in [-0.05, 0) is 18.1 Å². The van der Waals surface area contributed by atoms with E-state index in [4.69, 9.17) is 0 Å². The third-order valence-electron chi connectivity index (χ3n) is 5.05. The highest BCUT2D eigenvalue weighted by atomic mass is 16.6. The maximum absolute atomic E-state index is 12.7. The Morgan fingerprint density at radius 1 is 1.26 bits per heavy atom. The van der Waals surface area contributed by atoms with Gasteiger partial charge < -0.3 is 4.90 Å².